The van der Waals surface area contributed by atoms with Gasteiger partial charge in [0.1, 0.15) is 12.1 Å². The maximum atomic E-state index is 12.4. The zero-order valence-electron chi connectivity index (χ0n) is 15.0. The fourth-order valence-corrected chi connectivity index (χ4v) is 2.91. The average Bonchev–Trinajstić information content (AvgIpc) is 3.20. The summed E-state index contributed by atoms with van der Waals surface area (Å²) in [4.78, 5) is 28.0. The van der Waals surface area contributed by atoms with E-state index in [1.807, 2.05) is 31.3 Å². The molecule has 2 heterocycles. The molecule has 1 N–H and O–H groups in total. The van der Waals surface area contributed by atoms with E-state index in [1.165, 1.54) is 4.90 Å². The summed E-state index contributed by atoms with van der Waals surface area (Å²) in [5.74, 6) is 1.27. The average molecular weight is 358 g/mol. The van der Waals surface area contributed by atoms with Crippen LogP contribution in [0.15, 0.2) is 30.6 Å². The molecule has 1 atom stereocenters. The molecule has 1 aromatic heterocycles. The van der Waals surface area contributed by atoms with Crippen LogP contribution in [0.2, 0.25) is 0 Å². The van der Waals surface area contributed by atoms with Crippen LogP contribution in [0.4, 0.5) is 10.5 Å². The minimum Gasteiger partial charge on any atom is -0.495 e. The molecule has 138 valence electrons. The molecule has 1 fully saturated rings. The van der Waals surface area contributed by atoms with Gasteiger partial charge >= 0.3 is 6.03 Å². The number of aromatic nitrogens is 3. The van der Waals surface area contributed by atoms with Crippen molar-refractivity contribution in [2.75, 3.05) is 25.6 Å². The van der Waals surface area contributed by atoms with Crippen molar-refractivity contribution in [3.63, 3.8) is 0 Å². The predicted molar refractivity (Wildman–Crippen MR) is 94.8 cm³/mol. The van der Waals surface area contributed by atoms with Gasteiger partial charge in [-0.15, -0.1) is 10.2 Å². The van der Waals surface area contributed by atoms with Gasteiger partial charge in [-0.2, -0.15) is 0 Å². The second-order valence-corrected chi connectivity index (χ2v) is 6.24. The third kappa shape index (κ3) is 3.61. The van der Waals surface area contributed by atoms with Crippen LogP contribution in [0.25, 0.3) is 0 Å². The molecule has 0 saturated carbocycles. The Bertz CT molecular complexity index is 805. The lowest BCUT2D eigenvalue weighted by Crippen LogP contribution is -2.44. The highest BCUT2D eigenvalue weighted by Gasteiger charge is 2.33. The van der Waals surface area contributed by atoms with Gasteiger partial charge in [0, 0.05) is 27.1 Å². The number of carbonyl (C=O) groups excluding carboxylic acids is 2. The first-order valence-corrected chi connectivity index (χ1v) is 8.27. The molecule has 1 unspecified atom stereocenters. The molecule has 0 bridgehead atoms. The van der Waals surface area contributed by atoms with Gasteiger partial charge in [-0.25, -0.2) is 4.79 Å². The first kappa shape index (κ1) is 17.7. The standard InChI is InChI=1S/C17H22N6O3/c1-21(10-15-20-18-11-22(15)2)17(25)19-12-8-16(24)23(9-12)13-6-4-5-7-14(13)26-3/h4-7,11-12H,8-10H2,1-3H3,(H,19,25). The lowest BCUT2D eigenvalue weighted by Gasteiger charge is -2.22. The molecular weight excluding hydrogens is 336 g/mol. The van der Waals surface area contributed by atoms with Crippen LogP contribution in [0.1, 0.15) is 12.2 Å². The number of rotatable bonds is 5. The number of nitrogens with zero attached hydrogens (tertiary/aromatic N) is 5. The van der Waals surface area contributed by atoms with E-state index in [-0.39, 0.29) is 24.4 Å². The molecule has 3 rings (SSSR count). The van der Waals surface area contributed by atoms with Gasteiger partial charge in [-0.3, -0.25) is 4.79 Å². The van der Waals surface area contributed by atoms with Gasteiger partial charge in [0.25, 0.3) is 0 Å². The Hall–Kier alpha value is -3.10. The molecule has 1 aliphatic rings. The van der Waals surface area contributed by atoms with E-state index >= 15 is 0 Å². The fourth-order valence-electron chi connectivity index (χ4n) is 2.91. The van der Waals surface area contributed by atoms with E-state index in [9.17, 15) is 9.59 Å². The molecule has 0 aliphatic carbocycles. The largest absolute Gasteiger partial charge is 0.495 e. The fraction of sp³-hybridized carbons (Fsp3) is 0.412. The van der Waals surface area contributed by atoms with Crippen LogP contribution in [0.5, 0.6) is 5.75 Å². The summed E-state index contributed by atoms with van der Waals surface area (Å²) in [7, 11) is 5.07. The SMILES string of the molecule is COc1ccccc1N1CC(NC(=O)N(C)Cc2nncn2C)CC1=O. The summed E-state index contributed by atoms with van der Waals surface area (Å²) in [6.45, 7) is 0.738. The molecule has 1 saturated heterocycles. The quantitative estimate of drug-likeness (QED) is 0.852. The van der Waals surface area contributed by atoms with E-state index in [0.717, 1.165) is 0 Å². The Labute approximate surface area is 151 Å². The molecule has 26 heavy (non-hydrogen) atoms. The molecule has 1 aliphatic heterocycles. The number of amides is 3. The molecular formula is C17H22N6O3. The smallest absolute Gasteiger partial charge is 0.317 e. The summed E-state index contributed by atoms with van der Waals surface area (Å²) >= 11 is 0. The number of hydrogen-bond donors (Lipinski definition) is 1. The number of benzene rings is 1. The molecule has 3 amide bonds. The number of urea groups is 1. The number of aryl methyl sites for hydroxylation is 1. The molecule has 0 radical (unpaired) electrons. The molecule has 9 heteroatoms. The van der Waals surface area contributed by atoms with E-state index in [0.29, 0.717) is 30.4 Å². The highest BCUT2D eigenvalue weighted by molar-refractivity contribution is 5.98. The first-order valence-electron chi connectivity index (χ1n) is 8.27. The van der Waals surface area contributed by atoms with E-state index < -0.39 is 0 Å². The van der Waals surface area contributed by atoms with Crippen molar-refractivity contribution >= 4 is 17.6 Å². The van der Waals surface area contributed by atoms with Crippen molar-refractivity contribution in [2.45, 2.75) is 19.0 Å². The number of carbonyl (C=O) groups is 2. The third-order valence-corrected chi connectivity index (χ3v) is 4.36. The first-order chi connectivity index (χ1) is 12.5. The Morgan fingerprint density at radius 1 is 1.42 bits per heavy atom. The molecule has 9 nitrogen and oxygen atoms in total. The summed E-state index contributed by atoms with van der Waals surface area (Å²) in [5.41, 5.74) is 0.712. The summed E-state index contributed by atoms with van der Waals surface area (Å²) in [6, 6.07) is 6.83. The van der Waals surface area contributed by atoms with Crippen molar-refractivity contribution in [2.24, 2.45) is 7.05 Å². The van der Waals surface area contributed by atoms with Crippen molar-refractivity contribution in [3.05, 3.63) is 36.4 Å². The topological polar surface area (TPSA) is 92.6 Å². The minimum absolute atomic E-state index is 0.0456. The maximum Gasteiger partial charge on any atom is 0.317 e. The minimum atomic E-state index is -0.262. The van der Waals surface area contributed by atoms with Crippen LogP contribution in [0, 0.1) is 0 Å². The third-order valence-electron chi connectivity index (χ3n) is 4.36. The van der Waals surface area contributed by atoms with Crippen molar-refractivity contribution in [3.8, 4) is 5.75 Å². The van der Waals surface area contributed by atoms with Crippen LogP contribution in [-0.2, 0) is 18.4 Å². The number of ether oxygens (including phenoxy) is 1. The zero-order valence-corrected chi connectivity index (χ0v) is 15.0. The lowest BCUT2D eigenvalue weighted by molar-refractivity contribution is -0.117. The monoisotopic (exact) mass is 358 g/mol. The van der Waals surface area contributed by atoms with Crippen LogP contribution in [0.3, 0.4) is 0 Å². The van der Waals surface area contributed by atoms with Gasteiger partial charge in [0.15, 0.2) is 5.82 Å². The number of anilines is 1. The highest BCUT2D eigenvalue weighted by atomic mass is 16.5. The van der Waals surface area contributed by atoms with E-state index in [2.05, 4.69) is 15.5 Å². The number of hydrogen-bond acceptors (Lipinski definition) is 5. The molecule has 1 aromatic carbocycles. The summed E-state index contributed by atoms with van der Waals surface area (Å²) in [5, 5.41) is 10.7. The summed E-state index contributed by atoms with van der Waals surface area (Å²) in [6.07, 6.45) is 1.84. The van der Waals surface area contributed by atoms with Gasteiger partial charge in [0.2, 0.25) is 5.91 Å². The van der Waals surface area contributed by atoms with Gasteiger partial charge in [-0.05, 0) is 12.1 Å². The molecule has 2 aromatic rings. The Morgan fingerprint density at radius 2 is 2.19 bits per heavy atom. The van der Waals surface area contributed by atoms with Crippen molar-refractivity contribution in [1.29, 1.82) is 0 Å². The van der Waals surface area contributed by atoms with Crippen LogP contribution in [-0.4, -0.2) is 58.3 Å². The van der Waals surface area contributed by atoms with Crippen molar-refractivity contribution < 1.29 is 14.3 Å². The normalized spacial score (nSPS) is 16.7. The predicted octanol–water partition coefficient (Wildman–Crippen LogP) is 0.771. The van der Waals surface area contributed by atoms with Gasteiger partial charge in [0.05, 0.1) is 25.4 Å². The maximum absolute atomic E-state index is 12.4. The number of nitrogens with one attached hydrogen (secondary N) is 1. The number of para-hydroxylation sites is 2. The van der Waals surface area contributed by atoms with E-state index in [4.69, 9.17) is 4.74 Å². The highest BCUT2D eigenvalue weighted by Crippen LogP contribution is 2.31. The van der Waals surface area contributed by atoms with Crippen LogP contribution >= 0.6 is 0 Å². The second kappa shape index (κ2) is 7.42. The van der Waals surface area contributed by atoms with E-state index in [1.54, 1.807) is 30.0 Å². The lowest BCUT2D eigenvalue weighted by atomic mass is 10.2. The number of methoxy groups -OCH3 is 1. The second-order valence-electron chi connectivity index (χ2n) is 6.24. The summed E-state index contributed by atoms with van der Waals surface area (Å²) < 4.78 is 7.08. The van der Waals surface area contributed by atoms with Gasteiger partial charge < -0.3 is 24.4 Å². The Balaban J connectivity index is 1.62. The van der Waals surface area contributed by atoms with Crippen molar-refractivity contribution in [1.82, 2.24) is 25.0 Å². The zero-order chi connectivity index (χ0) is 18.7. The van der Waals surface area contributed by atoms with Crippen LogP contribution < -0.4 is 15.0 Å². The Kier molecular flexibility index (Phi) is 5.06. The van der Waals surface area contributed by atoms with Gasteiger partial charge in [-0.1, -0.05) is 12.1 Å². The Morgan fingerprint density at radius 3 is 2.88 bits per heavy atom. The molecule has 0 spiro atoms.